The molecule has 2 rings (SSSR count). The first-order chi connectivity index (χ1) is 10.6. The van der Waals surface area contributed by atoms with E-state index in [9.17, 15) is 4.79 Å². The van der Waals surface area contributed by atoms with Crippen molar-refractivity contribution in [2.24, 2.45) is 0 Å². The SMILES string of the molecule is COc1cc(C(=O)NOC2CCCCO2)ccc1OC(C)C. The molecule has 0 spiro atoms. The normalized spacial score (nSPS) is 18.1. The highest BCUT2D eigenvalue weighted by Gasteiger charge is 2.17. The van der Waals surface area contributed by atoms with Crippen LogP contribution in [0.4, 0.5) is 0 Å². The van der Waals surface area contributed by atoms with Gasteiger partial charge in [-0.3, -0.25) is 4.79 Å². The van der Waals surface area contributed by atoms with E-state index in [1.165, 1.54) is 7.11 Å². The van der Waals surface area contributed by atoms with Crippen LogP contribution in [-0.4, -0.2) is 32.0 Å². The van der Waals surface area contributed by atoms with Gasteiger partial charge in [0.15, 0.2) is 17.8 Å². The van der Waals surface area contributed by atoms with E-state index >= 15 is 0 Å². The monoisotopic (exact) mass is 309 g/mol. The first-order valence-electron chi connectivity index (χ1n) is 7.52. The van der Waals surface area contributed by atoms with Gasteiger partial charge in [-0.05, 0) is 44.9 Å². The minimum atomic E-state index is -0.372. The van der Waals surface area contributed by atoms with E-state index in [2.05, 4.69) is 5.48 Å². The van der Waals surface area contributed by atoms with E-state index in [0.29, 0.717) is 23.7 Å². The van der Waals surface area contributed by atoms with E-state index < -0.39 is 0 Å². The molecular weight excluding hydrogens is 286 g/mol. The standard InChI is InChI=1S/C16H23NO5/c1-11(2)21-13-8-7-12(10-14(13)19-3)16(18)17-22-15-6-4-5-9-20-15/h7-8,10-11,15H,4-6,9H2,1-3H3,(H,17,18). The molecule has 1 unspecified atom stereocenters. The molecule has 0 saturated carbocycles. The first kappa shape index (κ1) is 16.6. The van der Waals surface area contributed by atoms with Gasteiger partial charge in [-0.2, -0.15) is 0 Å². The van der Waals surface area contributed by atoms with Gasteiger partial charge in [0.05, 0.1) is 13.2 Å². The fourth-order valence-corrected chi connectivity index (χ4v) is 2.14. The minimum Gasteiger partial charge on any atom is -0.493 e. The molecule has 6 nitrogen and oxygen atoms in total. The topological polar surface area (TPSA) is 66.0 Å². The number of carbonyl (C=O) groups excluding carboxylic acids is 1. The molecule has 1 saturated heterocycles. The lowest BCUT2D eigenvalue weighted by molar-refractivity contribution is -0.186. The highest BCUT2D eigenvalue weighted by atomic mass is 16.8. The largest absolute Gasteiger partial charge is 0.493 e. The molecule has 1 heterocycles. The van der Waals surface area contributed by atoms with Gasteiger partial charge in [0.2, 0.25) is 0 Å². The molecule has 1 aromatic rings. The summed E-state index contributed by atoms with van der Waals surface area (Å²) in [5.74, 6) is 0.768. The minimum absolute atomic E-state index is 0.0281. The quantitative estimate of drug-likeness (QED) is 0.818. The van der Waals surface area contributed by atoms with Crippen molar-refractivity contribution in [2.75, 3.05) is 13.7 Å². The van der Waals surface area contributed by atoms with Gasteiger partial charge in [0.25, 0.3) is 5.91 Å². The van der Waals surface area contributed by atoms with Crippen LogP contribution in [0.1, 0.15) is 43.5 Å². The van der Waals surface area contributed by atoms with Gasteiger partial charge in [-0.1, -0.05) is 0 Å². The number of carbonyl (C=O) groups is 1. The zero-order valence-electron chi connectivity index (χ0n) is 13.3. The molecule has 1 N–H and O–H groups in total. The van der Waals surface area contributed by atoms with Crippen molar-refractivity contribution >= 4 is 5.91 Å². The molecule has 0 bridgehead atoms. The Kier molecular flexibility index (Phi) is 6.03. The Labute approximate surface area is 130 Å². The predicted molar refractivity (Wildman–Crippen MR) is 80.9 cm³/mol. The Balaban J connectivity index is 1.96. The molecule has 0 aliphatic carbocycles. The van der Waals surface area contributed by atoms with Gasteiger partial charge < -0.3 is 14.2 Å². The molecule has 22 heavy (non-hydrogen) atoms. The summed E-state index contributed by atoms with van der Waals surface area (Å²) in [5, 5.41) is 0. The zero-order chi connectivity index (χ0) is 15.9. The number of hydrogen-bond acceptors (Lipinski definition) is 5. The van der Waals surface area contributed by atoms with Crippen LogP contribution < -0.4 is 15.0 Å². The molecule has 6 heteroatoms. The fourth-order valence-electron chi connectivity index (χ4n) is 2.14. The van der Waals surface area contributed by atoms with Gasteiger partial charge >= 0.3 is 0 Å². The smallest absolute Gasteiger partial charge is 0.275 e. The second kappa shape index (κ2) is 8.00. The Morgan fingerprint density at radius 2 is 2.14 bits per heavy atom. The molecule has 1 aromatic carbocycles. The molecule has 122 valence electrons. The number of rotatable bonds is 6. The summed E-state index contributed by atoms with van der Waals surface area (Å²) in [5.41, 5.74) is 2.85. The number of nitrogens with one attached hydrogen (secondary N) is 1. The molecule has 1 atom stereocenters. The maximum Gasteiger partial charge on any atom is 0.275 e. The Bertz CT molecular complexity index is 497. The second-order valence-electron chi connectivity index (χ2n) is 5.38. The van der Waals surface area contributed by atoms with E-state index in [1.54, 1.807) is 18.2 Å². The molecule has 0 aromatic heterocycles. The molecule has 1 aliphatic heterocycles. The Morgan fingerprint density at radius 3 is 2.77 bits per heavy atom. The predicted octanol–water partition coefficient (Wildman–Crippen LogP) is 2.67. The number of benzene rings is 1. The van der Waals surface area contributed by atoms with Crippen molar-refractivity contribution in [3.05, 3.63) is 23.8 Å². The number of amides is 1. The highest BCUT2D eigenvalue weighted by Crippen LogP contribution is 2.29. The number of ether oxygens (including phenoxy) is 3. The van der Waals surface area contributed by atoms with Gasteiger partial charge in [0, 0.05) is 18.6 Å². The molecule has 1 aliphatic rings. The number of methoxy groups -OCH3 is 1. The molecular formula is C16H23NO5. The third kappa shape index (κ3) is 4.61. The second-order valence-corrected chi connectivity index (χ2v) is 5.38. The van der Waals surface area contributed by atoms with Crippen molar-refractivity contribution < 1.29 is 23.8 Å². The van der Waals surface area contributed by atoms with Crippen molar-refractivity contribution in [3.8, 4) is 11.5 Å². The zero-order valence-corrected chi connectivity index (χ0v) is 13.3. The fraction of sp³-hybridized carbons (Fsp3) is 0.562. The third-order valence-corrected chi connectivity index (χ3v) is 3.21. The van der Waals surface area contributed by atoms with Crippen LogP contribution in [0, 0.1) is 0 Å². The number of hydroxylamine groups is 1. The van der Waals surface area contributed by atoms with E-state index in [1.807, 2.05) is 13.8 Å². The maximum absolute atomic E-state index is 12.1. The summed E-state index contributed by atoms with van der Waals surface area (Å²) in [7, 11) is 1.54. The Morgan fingerprint density at radius 1 is 1.32 bits per heavy atom. The van der Waals surface area contributed by atoms with Crippen molar-refractivity contribution in [1.82, 2.24) is 5.48 Å². The average molecular weight is 309 g/mol. The molecule has 1 fully saturated rings. The summed E-state index contributed by atoms with van der Waals surface area (Å²) in [6, 6.07) is 5.00. The van der Waals surface area contributed by atoms with Crippen LogP contribution in [0.15, 0.2) is 18.2 Å². The first-order valence-corrected chi connectivity index (χ1v) is 7.52. The Hall–Kier alpha value is -1.79. The average Bonchev–Trinajstić information content (AvgIpc) is 2.53. The van der Waals surface area contributed by atoms with E-state index in [4.69, 9.17) is 19.0 Å². The third-order valence-electron chi connectivity index (χ3n) is 3.21. The van der Waals surface area contributed by atoms with Gasteiger partial charge in [-0.25, -0.2) is 10.3 Å². The molecule has 1 amide bonds. The summed E-state index contributed by atoms with van der Waals surface area (Å²) in [6.45, 7) is 4.52. The lowest BCUT2D eigenvalue weighted by Crippen LogP contribution is -2.33. The van der Waals surface area contributed by atoms with E-state index in [0.717, 1.165) is 19.3 Å². The van der Waals surface area contributed by atoms with Crippen LogP contribution in [-0.2, 0) is 9.57 Å². The van der Waals surface area contributed by atoms with Crippen molar-refractivity contribution in [3.63, 3.8) is 0 Å². The summed E-state index contributed by atoms with van der Waals surface area (Å²) in [4.78, 5) is 17.4. The van der Waals surface area contributed by atoms with Gasteiger partial charge in [-0.15, -0.1) is 0 Å². The highest BCUT2D eigenvalue weighted by molar-refractivity contribution is 5.94. The van der Waals surface area contributed by atoms with E-state index in [-0.39, 0.29) is 18.3 Å². The summed E-state index contributed by atoms with van der Waals surface area (Å²) < 4.78 is 16.3. The maximum atomic E-state index is 12.1. The number of hydrogen-bond donors (Lipinski definition) is 1. The van der Waals surface area contributed by atoms with Crippen molar-refractivity contribution in [1.29, 1.82) is 0 Å². The molecule has 0 radical (unpaired) electrons. The van der Waals surface area contributed by atoms with Crippen LogP contribution in [0.25, 0.3) is 0 Å². The van der Waals surface area contributed by atoms with Crippen molar-refractivity contribution in [2.45, 2.75) is 45.5 Å². The lowest BCUT2D eigenvalue weighted by atomic mass is 10.2. The summed E-state index contributed by atoms with van der Waals surface area (Å²) in [6.07, 6.45) is 2.51. The van der Waals surface area contributed by atoms with Crippen LogP contribution in [0.3, 0.4) is 0 Å². The lowest BCUT2D eigenvalue weighted by Gasteiger charge is -2.22. The van der Waals surface area contributed by atoms with Gasteiger partial charge in [0.1, 0.15) is 0 Å². The van der Waals surface area contributed by atoms with Crippen LogP contribution in [0.2, 0.25) is 0 Å². The van der Waals surface area contributed by atoms with Crippen LogP contribution >= 0.6 is 0 Å². The summed E-state index contributed by atoms with van der Waals surface area (Å²) >= 11 is 0. The van der Waals surface area contributed by atoms with Crippen LogP contribution in [0.5, 0.6) is 11.5 Å².